The topological polar surface area (TPSA) is 94.5 Å². The Morgan fingerprint density at radius 2 is 2.11 bits per heavy atom. The fourth-order valence-electron chi connectivity index (χ4n) is 1.45. The summed E-state index contributed by atoms with van der Waals surface area (Å²) in [5.74, 6) is -0.0395. The van der Waals surface area contributed by atoms with Crippen molar-refractivity contribution in [1.82, 2.24) is 9.97 Å². The van der Waals surface area contributed by atoms with Gasteiger partial charge in [0.15, 0.2) is 5.95 Å². The average molecular weight is 262 g/mol. The molecule has 1 heterocycles. The summed E-state index contributed by atoms with van der Waals surface area (Å²) < 4.78 is 0. The van der Waals surface area contributed by atoms with Gasteiger partial charge in [-0.3, -0.25) is 4.79 Å². The van der Waals surface area contributed by atoms with Crippen molar-refractivity contribution >= 4 is 17.5 Å². The number of H-pyrrole nitrogens is 1. The van der Waals surface area contributed by atoms with E-state index in [0.717, 1.165) is 5.56 Å². The summed E-state index contributed by atoms with van der Waals surface area (Å²) in [6.45, 7) is 0. The van der Waals surface area contributed by atoms with E-state index in [1.807, 2.05) is 12.1 Å². The molecule has 2 aromatic rings. The van der Waals surface area contributed by atoms with Crippen LogP contribution < -0.4 is 5.56 Å². The lowest BCUT2D eigenvalue weighted by Gasteiger charge is -2.01. The molecular formula is C11H8ClN5O. The number of nitrogens with zero attached hydrogens (tertiary/aromatic N) is 4. The molecule has 7 heteroatoms. The zero-order chi connectivity index (χ0) is 13.0. The van der Waals surface area contributed by atoms with Crippen LogP contribution in [0.4, 0.5) is 5.95 Å². The molecule has 18 heavy (non-hydrogen) atoms. The van der Waals surface area contributed by atoms with E-state index < -0.39 is 0 Å². The molecule has 1 aromatic heterocycles. The summed E-state index contributed by atoms with van der Waals surface area (Å²) in [6.07, 6.45) is 1.84. The van der Waals surface area contributed by atoms with Gasteiger partial charge in [0.25, 0.3) is 5.56 Å². The van der Waals surface area contributed by atoms with Crippen LogP contribution in [0.1, 0.15) is 11.1 Å². The first-order valence-corrected chi connectivity index (χ1v) is 5.44. The van der Waals surface area contributed by atoms with Gasteiger partial charge in [-0.25, -0.2) is 4.98 Å². The Balaban J connectivity index is 2.27. The molecule has 1 N–H and O–H groups in total. The van der Waals surface area contributed by atoms with Crippen molar-refractivity contribution in [1.29, 1.82) is 0 Å². The zero-order valence-electron chi connectivity index (χ0n) is 9.17. The summed E-state index contributed by atoms with van der Waals surface area (Å²) in [4.78, 5) is 20.5. The third-order valence-electron chi connectivity index (χ3n) is 2.31. The van der Waals surface area contributed by atoms with Gasteiger partial charge in [0.05, 0.1) is 0 Å². The molecule has 2 rings (SSSR count). The van der Waals surface area contributed by atoms with Crippen molar-refractivity contribution < 1.29 is 0 Å². The average Bonchev–Trinajstić information content (AvgIpc) is 2.36. The number of rotatable bonds is 3. The Morgan fingerprint density at radius 3 is 2.72 bits per heavy atom. The number of hydrogen-bond acceptors (Lipinski definition) is 3. The number of aromatic nitrogens is 2. The van der Waals surface area contributed by atoms with Crippen LogP contribution in [0.15, 0.2) is 40.4 Å². The monoisotopic (exact) mass is 261 g/mol. The number of hydrogen-bond donors (Lipinski definition) is 1. The van der Waals surface area contributed by atoms with Crippen molar-refractivity contribution in [3.8, 4) is 0 Å². The Kier molecular flexibility index (Phi) is 3.62. The summed E-state index contributed by atoms with van der Waals surface area (Å²) in [5, 5.41) is 3.87. The quantitative estimate of drug-likeness (QED) is 0.522. The standard InChI is InChI=1S/C11H8ClN5O/c12-9-3-1-7(2-4-9)5-8-6-14-11(16-17-13)15-10(8)18/h1-4,6H,5H2,(H,14,15,18). The van der Waals surface area contributed by atoms with Crippen LogP contribution in [-0.2, 0) is 6.42 Å². The van der Waals surface area contributed by atoms with Crippen LogP contribution in [0.5, 0.6) is 0 Å². The molecule has 0 bridgehead atoms. The van der Waals surface area contributed by atoms with Crippen molar-refractivity contribution in [2.24, 2.45) is 5.11 Å². The highest BCUT2D eigenvalue weighted by Gasteiger charge is 2.03. The van der Waals surface area contributed by atoms with E-state index in [1.54, 1.807) is 12.1 Å². The first-order valence-electron chi connectivity index (χ1n) is 5.07. The highest BCUT2D eigenvalue weighted by atomic mass is 35.5. The highest BCUT2D eigenvalue weighted by molar-refractivity contribution is 6.30. The number of nitrogens with one attached hydrogen (secondary N) is 1. The van der Waals surface area contributed by atoms with E-state index in [9.17, 15) is 4.79 Å². The highest BCUT2D eigenvalue weighted by Crippen LogP contribution is 2.12. The van der Waals surface area contributed by atoms with Gasteiger partial charge < -0.3 is 4.98 Å². The third-order valence-corrected chi connectivity index (χ3v) is 2.56. The minimum absolute atomic E-state index is 0.0395. The maximum Gasteiger partial charge on any atom is 0.254 e. The number of aromatic amines is 1. The molecule has 0 spiro atoms. The van der Waals surface area contributed by atoms with E-state index >= 15 is 0 Å². The van der Waals surface area contributed by atoms with Crippen molar-refractivity contribution in [3.63, 3.8) is 0 Å². The Morgan fingerprint density at radius 1 is 1.39 bits per heavy atom. The Hall–Kier alpha value is -2.30. The smallest absolute Gasteiger partial charge is 0.254 e. The van der Waals surface area contributed by atoms with Gasteiger partial charge in [0, 0.05) is 28.1 Å². The summed E-state index contributed by atoms with van der Waals surface area (Å²) >= 11 is 5.77. The fraction of sp³-hybridized carbons (Fsp3) is 0.0909. The van der Waals surface area contributed by atoms with Gasteiger partial charge in [-0.15, -0.1) is 0 Å². The summed E-state index contributed by atoms with van der Waals surface area (Å²) in [6, 6.07) is 7.19. The van der Waals surface area contributed by atoms with Gasteiger partial charge >= 0.3 is 0 Å². The summed E-state index contributed by atoms with van der Waals surface area (Å²) in [5.41, 5.74) is 9.35. The van der Waals surface area contributed by atoms with E-state index in [2.05, 4.69) is 20.0 Å². The van der Waals surface area contributed by atoms with Crippen molar-refractivity contribution in [2.75, 3.05) is 0 Å². The minimum atomic E-state index is -0.317. The van der Waals surface area contributed by atoms with E-state index in [0.29, 0.717) is 17.0 Å². The van der Waals surface area contributed by atoms with Gasteiger partial charge in [-0.2, -0.15) is 0 Å². The zero-order valence-corrected chi connectivity index (χ0v) is 9.92. The van der Waals surface area contributed by atoms with E-state index in [4.69, 9.17) is 17.1 Å². The van der Waals surface area contributed by atoms with Crippen molar-refractivity contribution in [3.05, 3.63) is 67.4 Å². The normalized spacial score (nSPS) is 9.83. The van der Waals surface area contributed by atoms with Crippen LogP contribution >= 0.6 is 11.6 Å². The molecule has 0 aliphatic rings. The van der Waals surface area contributed by atoms with Crippen LogP contribution in [-0.4, -0.2) is 9.97 Å². The predicted octanol–water partition coefficient (Wildman–Crippen LogP) is 2.96. The van der Waals surface area contributed by atoms with Crippen LogP contribution in [0.3, 0.4) is 0 Å². The van der Waals surface area contributed by atoms with Gasteiger partial charge in [-0.1, -0.05) is 23.7 Å². The second-order valence-corrected chi connectivity index (χ2v) is 3.99. The Labute approximate surface area is 107 Å². The first kappa shape index (κ1) is 12.2. The number of halogens is 1. The molecule has 0 fully saturated rings. The SMILES string of the molecule is [N-]=[N+]=Nc1ncc(Cc2ccc(Cl)cc2)c(=O)[nH]1. The maximum atomic E-state index is 11.7. The van der Waals surface area contributed by atoms with E-state index in [1.165, 1.54) is 6.20 Å². The molecule has 0 radical (unpaired) electrons. The number of benzene rings is 1. The van der Waals surface area contributed by atoms with Gasteiger partial charge in [-0.05, 0) is 28.3 Å². The maximum absolute atomic E-state index is 11.7. The molecule has 0 aliphatic carbocycles. The Bertz CT molecular complexity index is 658. The van der Waals surface area contributed by atoms with E-state index in [-0.39, 0.29) is 11.5 Å². The second kappa shape index (κ2) is 5.35. The lowest BCUT2D eigenvalue weighted by atomic mass is 10.1. The van der Waals surface area contributed by atoms with Crippen molar-refractivity contribution in [2.45, 2.75) is 6.42 Å². The molecule has 0 saturated heterocycles. The largest absolute Gasteiger partial charge is 0.305 e. The lowest BCUT2D eigenvalue weighted by molar-refractivity contribution is 1.01. The van der Waals surface area contributed by atoms with Crippen LogP contribution in [0.2, 0.25) is 5.02 Å². The fourth-order valence-corrected chi connectivity index (χ4v) is 1.58. The molecule has 0 aliphatic heterocycles. The molecule has 6 nitrogen and oxygen atoms in total. The first-order chi connectivity index (χ1) is 8.69. The second-order valence-electron chi connectivity index (χ2n) is 3.55. The molecule has 0 atom stereocenters. The van der Waals surface area contributed by atoms with Crippen LogP contribution in [0, 0.1) is 0 Å². The predicted molar refractivity (Wildman–Crippen MR) is 67.9 cm³/mol. The molecule has 0 saturated carbocycles. The molecule has 0 amide bonds. The minimum Gasteiger partial charge on any atom is -0.305 e. The summed E-state index contributed by atoms with van der Waals surface area (Å²) in [7, 11) is 0. The third kappa shape index (κ3) is 2.88. The molecule has 1 aromatic carbocycles. The molecule has 90 valence electrons. The lowest BCUT2D eigenvalue weighted by Crippen LogP contribution is -2.13. The van der Waals surface area contributed by atoms with Gasteiger partial charge in [0.1, 0.15) is 0 Å². The molecular weight excluding hydrogens is 254 g/mol. The van der Waals surface area contributed by atoms with Gasteiger partial charge in [0.2, 0.25) is 0 Å². The molecule has 0 unspecified atom stereocenters. The van der Waals surface area contributed by atoms with Crippen LogP contribution in [0.25, 0.3) is 10.4 Å². The number of azide groups is 1.